The van der Waals surface area contributed by atoms with Gasteiger partial charge in [0.1, 0.15) is 0 Å². The molecule has 0 aromatic carbocycles. The summed E-state index contributed by atoms with van der Waals surface area (Å²) in [4.78, 5) is 4.63. The first-order valence-corrected chi connectivity index (χ1v) is 5.37. The van der Waals surface area contributed by atoms with Crippen molar-refractivity contribution in [3.05, 3.63) is 0 Å². The van der Waals surface area contributed by atoms with Gasteiger partial charge in [-0.3, -0.25) is 4.90 Å². The van der Waals surface area contributed by atoms with Crippen LogP contribution in [0.3, 0.4) is 0 Å². The summed E-state index contributed by atoms with van der Waals surface area (Å²) in [6.07, 6.45) is 1.66. The molecule has 3 heteroatoms. The maximum Gasteiger partial charge on any atom is 0.0622 e. The molecule has 1 unspecified atom stereocenters. The van der Waals surface area contributed by atoms with Gasteiger partial charge in [-0.05, 0) is 40.5 Å². The van der Waals surface area contributed by atoms with E-state index in [9.17, 15) is 0 Å². The van der Waals surface area contributed by atoms with Gasteiger partial charge >= 0.3 is 0 Å². The molecule has 0 amide bonds. The molecular formula is C11H23N3. The van der Waals surface area contributed by atoms with Crippen LogP contribution in [0.4, 0.5) is 0 Å². The third kappa shape index (κ3) is 5.95. The van der Waals surface area contributed by atoms with E-state index >= 15 is 0 Å². The highest BCUT2D eigenvalue weighted by Crippen LogP contribution is 2.02. The Labute approximate surface area is 88.3 Å². The van der Waals surface area contributed by atoms with Crippen LogP contribution >= 0.6 is 0 Å². The molecule has 0 N–H and O–H groups in total. The maximum absolute atomic E-state index is 8.46. The molecule has 0 saturated heterocycles. The summed E-state index contributed by atoms with van der Waals surface area (Å²) in [5, 5.41) is 8.46. The van der Waals surface area contributed by atoms with Gasteiger partial charge in [-0.25, -0.2) is 0 Å². The molecular weight excluding hydrogens is 174 g/mol. The Morgan fingerprint density at radius 3 is 2.43 bits per heavy atom. The summed E-state index contributed by atoms with van der Waals surface area (Å²) in [6.45, 7) is 7.62. The Hall–Kier alpha value is -0.590. The Kier molecular flexibility index (Phi) is 7.45. The van der Waals surface area contributed by atoms with Gasteiger partial charge in [0, 0.05) is 19.0 Å². The minimum atomic E-state index is 0.577. The second-order valence-corrected chi connectivity index (χ2v) is 4.00. The minimum absolute atomic E-state index is 0.577. The van der Waals surface area contributed by atoms with Crippen LogP contribution in [0.1, 0.15) is 26.7 Å². The summed E-state index contributed by atoms with van der Waals surface area (Å²) < 4.78 is 0. The largest absolute Gasteiger partial charge is 0.308 e. The predicted molar refractivity (Wildman–Crippen MR) is 60.1 cm³/mol. The smallest absolute Gasteiger partial charge is 0.0622 e. The second kappa shape index (κ2) is 7.78. The lowest BCUT2D eigenvalue weighted by atomic mass is 10.2. The van der Waals surface area contributed by atoms with Crippen LogP contribution in [-0.2, 0) is 0 Å². The van der Waals surface area contributed by atoms with Gasteiger partial charge in [0.05, 0.1) is 6.07 Å². The highest BCUT2D eigenvalue weighted by atomic mass is 15.2. The number of likely N-dealkylation sites (N-methyl/N-ethyl adjacent to an activating group) is 2. The zero-order valence-electron chi connectivity index (χ0n) is 9.95. The molecule has 0 aliphatic heterocycles. The average Bonchev–Trinajstić information content (AvgIpc) is 2.11. The van der Waals surface area contributed by atoms with E-state index in [0.717, 1.165) is 26.1 Å². The van der Waals surface area contributed by atoms with Crippen molar-refractivity contribution < 1.29 is 0 Å². The third-order valence-corrected chi connectivity index (χ3v) is 2.39. The summed E-state index contributed by atoms with van der Waals surface area (Å²) >= 11 is 0. The molecule has 0 rings (SSSR count). The highest BCUT2D eigenvalue weighted by molar-refractivity contribution is 4.73. The van der Waals surface area contributed by atoms with Crippen molar-refractivity contribution in [3.8, 4) is 6.07 Å². The van der Waals surface area contributed by atoms with Gasteiger partial charge in [-0.15, -0.1) is 0 Å². The van der Waals surface area contributed by atoms with Crippen molar-refractivity contribution in [1.82, 2.24) is 9.80 Å². The minimum Gasteiger partial charge on any atom is -0.308 e. The molecule has 0 aliphatic carbocycles. The van der Waals surface area contributed by atoms with Crippen LogP contribution in [0.15, 0.2) is 0 Å². The molecule has 14 heavy (non-hydrogen) atoms. The Balaban J connectivity index is 3.81. The molecule has 0 aliphatic rings. The molecule has 3 nitrogen and oxygen atoms in total. The van der Waals surface area contributed by atoms with E-state index in [0.29, 0.717) is 12.5 Å². The fraction of sp³-hybridized carbons (Fsp3) is 0.909. The number of hydrogen-bond donors (Lipinski definition) is 0. The van der Waals surface area contributed by atoms with Gasteiger partial charge in [0.15, 0.2) is 0 Å². The van der Waals surface area contributed by atoms with E-state index in [1.54, 1.807) is 0 Å². The Morgan fingerprint density at radius 2 is 2.00 bits per heavy atom. The molecule has 0 bridgehead atoms. The summed E-state index contributed by atoms with van der Waals surface area (Å²) in [6, 6.07) is 2.77. The standard InChI is InChI=1S/C11H23N3/c1-5-14(9-7-6-8-12)11(2)10-13(3)4/h11H,5-7,9-10H2,1-4H3. The lowest BCUT2D eigenvalue weighted by Gasteiger charge is -2.29. The molecule has 0 heterocycles. The zero-order chi connectivity index (χ0) is 11.0. The molecule has 0 spiro atoms. The first-order valence-electron chi connectivity index (χ1n) is 5.37. The van der Waals surface area contributed by atoms with Gasteiger partial charge < -0.3 is 4.90 Å². The van der Waals surface area contributed by atoms with Crippen molar-refractivity contribution in [1.29, 1.82) is 5.26 Å². The van der Waals surface area contributed by atoms with Gasteiger partial charge in [-0.1, -0.05) is 6.92 Å². The Bertz CT molecular complexity index is 172. The van der Waals surface area contributed by atoms with E-state index in [2.05, 4.69) is 43.8 Å². The topological polar surface area (TPSA) is 30.3 Å². The predicted octanol–water partition coefficient (Wildman–Crippen LogP) is 1.56. The Morgan fingerprint density at radius 1 is 1.36 bits per heavy atom. The van der Waals surface area contributed by atoms with Crippen LogP contribution in [0.25, 0.3) is 0 Å². The van der Waals surface area contributed by atoms with Crippen LogP contribution < -0.4 is 0 Å². The lowest BCUT2D eigenvalue weighted by Crippen LogP contribution is -2.40. The summed E-state index contributed by atoms with van der Waals surface area (Å²) in [7, 11) is 4.19. The van der Waals surface area contributed by atoms with E-state index in [1.807, 2.05) is 0 Å². The molecule has 82 valence electrons. The fourth-order valence-corrected chi connectivity index (χ4v) is 1.70. The SMILES string of the molecule is CCN(CCCC#N)C(C)CN(C)C. The molecule has 0 aromatic heterocycles. The summed E-state index contributed by atoms with van der Waals surface area (Å²) in [5.41, 5.74) is 0. The van der Waals surface area contributed by atoms with Crippen molar-refractivity contribution in [2.24, 2.45) is 0 Å². The second-order valence-electron chi connectivity index (χ2n) is 4.00. The quantitative estimate of drug-likeness (QED) is 0.580. The average molecular weight is 197 g/mol. The van der Waals surface area contributed by atoms with Crippen molar-refractivity contribution in [3.63, 3.8) is 0 Å². The first kappa shape index (κ1) is 13.4. The molecule has 0 saturated carbocycles. The van der Waals surface area contributed by atoms with E-state index in [-0.39, 0.29) is 0 Å². The van der Waals surface area contributed by atoms with Gasteiger partial charge in [0.25, 0.3) is 0 Å². The first-order chi connectivity index (χ1) is 6.61. The van der Waals surface area contributed by atoms with Crippen LogP contribution in [0.5, 0.6) is 0 Å². The maximum atomic E-state index is 8.46. The highest BCUT2D eigenvalue weighted by Gasteiger charge is 2.11. The number of unbranched alkanes of at least 4 members (excludes halogenated alkanes) is 1. The van der Waals surface area contributed by atoms with Gasteiger partial charge in [-0.2, -0.15) is 5.26 Å². The van der Waals surface area contributed by atoms with Gasteiger partial charge in [0.2, 0.25) is 0 Å². The van der Waals surface area contributed by atoms with Crippen molar-refractivity contribution in [2.75, 3.05) is 33.7 Å². The lowest BCUT2D eigenvalue weighted by molar-refractivity contribution is 0.180. The molecule has 0 fully saturated rings. The van der Waals surface area contributed by atoms with E-state index < -0.39 is 0 Å². The van der Waals surface area contributed by atoms with E-state index in [4.69, 9.17) is 5.26 Å². The molecule has 0 radical (unpaired) electrons. The normalized spacial score (nSPS) is 13.2. The monoisotopic (exact) mass is 197 g/mol. The number of nitriles is 1. The fourth-order valence-electron chi connectivity index (χ4n) is 1.70. The van der Waals surface area contributed by atoms with Crippen LogP contribution in [0, 0.1) is 11.3 Å². The third-order valence-electron chi connectivity index (χ3n) is 2.39. The molecule has 0 aromatic rings. The summed E-state index contributed by atoms with van der Waals surface area (Å²) in [5.74, 6) is 0. The number of rotatable bonds is 7. The van der Waals surface area contributed by atoms with E-state index in [1.165, 1.54) is 0 Å². The number of hydrogen-bond acceptors (Lipinski definition) is 3. The molecule has 1 atom stereocenters. The van der Waals surface area contributed by atoms with Crippen LogP contribution in [-0.4, -0.2) is 49.6 Å². The van der Waals surface area contributed by atoms with Crippen LogP contribution in [0.2, 0.25) is 0 Å². The number of nitrogens with zero attached hydrogens (tertiary/aromatic N) is 3. The van der Waals surface area contributed by atoms with Crippen molar-refractivity contribution in [2.45, 2.75) is 32.7 Å². The zero-order valence-corrected chi connectivity index (χ0v) is 9.95. The van der Waals surface area contributed by atoms with Crippen molar-refractivity contribution >= 4 is 0 Å².